The minimum absolute atomic E-state index is 0.260. The molecular formula is C17H27N3O. The molecule has 0 heterocycles. The predicted octanol–water partition coefficient (Wildman–Crippen LogP) is 2.07. The normalized spacial score (nSPS) is 17.3. The van der Waals surface area contributed by atoms with Gasteiger partial charge in [0, 0.05) is 25.3 Å². The van der Waals surface area contributed by atoms with Gasteiger partial charge in [-0.25, -0.2) is 0 Å². The summed E-state index contributed by atoms with van der Waals surface area (Å²) in [6.07, 6.45) is 4.06. The van der Waals surface area contributed by atoms with Crippen molar-refractivity contribution in [2.24, 2.45) is 5.73 Å². The van der Waals surface area contributed by atoms with Gasteiger partial charge in [0.1, 0.15) is 0 Å². The third-order valence-corrected chi connectivity index (χ3v) is 4.38. The summed E-state index contributed by atoms with van der Waals surface area (Å²) >= 11 is 0. The second-order valence-electron chi connectivity index (χ2n) is 6.31. The highest BCUT2D eigenvalue weighted by Gasteiger charge is 2.36. The second kappa shape index (κ2) is 6.48. The molecular weight excluding hydrogens is 262 g/mol. The molecule has 1 unspecified atom stereocenters. The van der Waals surface area contributed by atoms with Gasteiger partial charge in [0.25, 0.3) is 0 Å². The Kier molecular flexibility index (Phi) is 4.88. The van der Waals surface area contributed by atoms with Gasteiger partial charge in [-0.15, -0.1) is 0 Å². The van der Waals surface area contributed by atoms with E-state index in [2.05, 4.69) is 48.5 Å². The molecule has 4 heteroatoms. The topological polar surface area (TPSA) is 58.4 Å². The van der Waals surface area contributed by atoms with Gasteiger partial charge >= 0.3 is 0 Å². The van der Waals surface area contributed by atoms with Crippen molar-refractivity contribution in [2.75, 3.05) is 18.5 Å². The van der Waals surface area contributed by atoms with E-state index in [9.17, 15) is 4.79 Å². The maximum atomic E-state index is 11.8. The van der Waals surface area contributed by atoms with E-state index in [4.69, 9.17) is 5.73 Å². The number of hydrogen-bond donors (Lipinski definition) is 2. The number of rotatable bonds is 8. The van der Waals surface area contributed by atoms with Crippen molar-refractivity contribution in [3.63, 3.8) is 0 Å². The van der Waals surface area contributed by atoms with E-state index >= 15 is 0 Å². The van der Waals surface area contributed by atoms with Crippen LogP contribution in [0.4, 0.5) is 5.69 Å². The number of aryl methyl sites for hydroxylation is 1. The molecule has 1 atom stereocenters. The average molecular weight is 289 g/mol. The standard InChI is InChI=1S/C17H27N3O/c1-4-13-5-9-15(10-6-13)20(3)12-11-17(2,16(18)21)19-14-7-8-14/h5-6,9-10,14,19H,4,7-8,11-12H2,1-3H3,(H2,18,21). The fourth-order valence-corrected chi connectivity index (χ4v) is 2.45. The van der Waals surface area contributed by atoms with Crippen LogP contribution in [0, 0.1) is 0 Å². The van der Waals surface area contributed by atoms with Crippen molar-refractivity contribution in [2.45, 2.75) is 51.1 Å². The Morgan fingerprint density at radius 2 is 2.00 bits per heavy atom. The van der Waals surface area contributed by atoms with Crippen LogP contribution in [-0.2, 0) is 11.2 Å². The van der Waals surface area contributed by atoms with Crippen molar-refractivity contribution in [3.05, 3.63) is 29.8 Å². The van der Waals surface area contributed by atoms with Crippen LogP contribution in [0.5, 0.6) is 0 Å². The smallest absolute Gasteiger partial charge is 0.237 e. The molecule has 1 aromatic carbocycles. The fraction of sp³-hybridized carbons (Fsp3) is 0.588. The lowest BCUT2D eigenvalue weighted by Gasteiger charge is -2.30. The Labute approximate surface area is 127 Å². The van der Waals surface area contributed by atoms with Crippen LogP contribution in [0.25, 0.3) is 0 Å². The summed E-state index contributed by atoms with van der Waals surface area (Å²) in [5.41, 5.74) is 7.49. The van der Waals surface area contributed by atoms with Crippen LogP contribution in [0.1, 0.15) is 38.7 Å². The number of primary amides is 1. The van der Waals surface area contributed by atoms with Gasteiger partial charge in [0.2, 0.25) is 5.91 Å². The molecule has 0 radical (unpaired) electrons. The van der Waals surface area contributed by atoms with Gasteiger partial charge in [-0.1, -0.05) is 19.1 Å². The van der Waals surface area contributed by atoms with Gasteiger partial charge in [0.15, 0.2) is 0 Å². The molecule has 0 aromatic heterocycles. The molecule has 0 spiro atoms. The molecule has 1 aromatic rings. The summed E-state index contributed by atoms with van der Waals surface area (Å²) < 4.78 is 0. The molecule has 1 aliphatic carbocycles. The van der Waals surface area contributed by atoms with Crippen molar-refractivity contribution in [1.82, 2.24) is 5.32 Å². The first-order valence-corrected chi connectivity index (χ1v) is 7.82. The van der Waals surface area contributed by atoms with Gasteiger partial charge in [0.05, 0.1) is 5.54 Å². The van der Waals surface area contributed by atoms with Gasteiger partial charge < -0.3 is 16.0 Å². The van der Waals surface area contributed by atoms with E-state index in [0.29, 0.717) is 12.5 Å². The van der Waals surface area contributed by atoms with E-state index in [1.54, 1.807) is 0 Å². The summed E-state index contributed by atoms with van der Waals surface area (Å²) in [6.45, 7) is 4.87. The third-order valence-electron chi connectivity index (χ3n) is 4.38. The highest BCUT2D eigenvalue weighted by Crippen LogP contribution is 2.24. The summed E-state index contributed by atoms with van der Waals surface area (Å²) in [4.78, 5) is 13.9. The second-order valence-corrected chi connectivity index (χ2v) is 6.31. The molecule has 1 fully saturated rings. The lowest BCUT2D eigenvalue weighted by Crippen LogP contribution is -2.55. The van der Waals surface area contributed by atoms with Crippen LogP contribution in [0.2, 0.25) is 0 Å². The minimum Gasteiger partial charge on any atom is -0.375 e. The molecule has 0 bridgehead atoms. The summed E-state index contributed by atoms with van der Waals surface area (Å²) in [5.74, 6) is -0.260. The summed E-state index contributed by atoms with van der Waals surface area (Å²) in [7, 11) is 2.06. The minimum atomic E-state index is -0.612. The number of nitrogens with two attached hydrogens (primary N) is 1. The van der Waals surface area contributed by atoms with Gasteiger partial charge in [-0.3, -0.25) is 4.79 Å². The Bertz CT molecular complexity index is 481. The first kappa shape index (κ1) is 15.8. The number of hydrogen-bond acceptors (Lipinski definition) is 3. The zero-order valence-electron chi connectivity index (χ0n) is 13.4. The number of anilines is 1. The summed E-state index contributed by atoms with van der Waals surface area (Å²) in [6, 6.07) is 9.05. The Balaban J connectivity index is 1.93. The Hall–Kier alpha value is -1.55. The fourth-order valence-electron chi connectivity index (χ4n) is 2.45. The quantitative estimate of drug-likeness (QED) is 0.770. The van der Waals surface area contributed by atoms with Gasteiger partial charge in [-0.05, 0) is 50.3 Å². The van der Waals surface area contributed by atoms with E-state index in [0.717, 1.165) is 25.8 Å². The van der Waals surface area contributed by atoms with E-state index in [-0.39, 0.29) is 5.91 Å². The Morgan fingerprint density at radius 3 is 2.48 bits per heavy atom. The molecule has 0 aliphatic heterocycles. The van der Waals surface area contributed by atoms with Crippen molar-refractivity contribution in [1.29, 1.82) is 0 Å². The van der Waals surface area contributed by atoms with Crippen molar-refractivity contribution >= 4 is 11.6 Å². The highest BCUT2D eigenvalue weighted by atomic mass is 16.1. The van der Waals surface area contributed by atoms with Gasteiger partial charge in [-0.2, -0.15) is 0 Å². The van der Waals surface area contributed by atoms with Crippen LogP contribution in [0.3, 0.4) is 0 Å². The van der Waals surface area contributed by atoms with E-state index < -0.39 is 5.54 Å². The zero-order valence-corrected chi connectivity index (χ0v) is 13.4. The lowest BCUT2D eigenvalue weighted by atomic mass is 9.96. The molecule has 1 aliphatic rings. The molecule has 0 saturated heterocycles. The molecule has 116 valence electrons. The van der Waals surface area contributed by atoms with Crippen LogP contribution < -0.4 is 16.0 Å². The number of amides is 1. The average Bonchev–Trinajstić information content (AvgIpc) is 3.28. The van der Waals surface area contributed by atoms with E-state index in [1.165, 1.54) is 11.3 Å². The Morgan fingerprint density at radius 1 is 1.38 bits per heavy atom. The van der Waals surface area contributed by atoms with Crippen LogP contribution in [0.15, 0.2) is 24.3 Å². The number of carbonyl (C=O) groups excluding carboxylic acids is 1. The molecule has 21 heavy (non-hydrogen) atoms. The molecule has 2 rings (SSSR count). The molecule has 1 saturated carbocycles. The largest absolute Gasteiger partial charge is 0.375 e. The summed E-state index contributed by atoms with van der Waals surface area (Å²) in [5, 5.41) is 3.39. The highest BCUT2D eigenvalue weighted by molar-refractivity contribution is 5.84. The SMILES string of the molecule is CCc1ccc(N(C)CCC(C)(NC2CC2)C(N)=O)cc1. The third kappa shape index (κ3) is 4.21. The monoisotopic (exact) mass is 289 g/mol. The maximum absolute atomic E-state index is 11.8. The lowest BCUT2D eigenvalue weighted by molar-refractivity contribution is -0.124. The maximum Gasteiger partial charge on any atom is 0.237 e. The van der Waals surface area contributed by atoms with Crippen molar-refractivity contribution in [3.8, 4) is 0 Å². The van der Waals surface area contributed by atoms with Crippen LogP contribution in [-0.4, -0.2) is 31.1 Å². The molecule has 1 amide bonds. The number of nitrogens with zero attached hydrogens (tertiary/aromatic N) is 1. The number of nitrogens with one attached hydrogen (secondary N) is 1. The van der Waals surface area contributed by atoms with Crippen LogP contribution >= 0.6 is 0 Å². The number of carbonyl (C=O) groups is 1. The molecule has 4 nitrogen and oxygen atoms in total. The zero-order chi connectivity index (χ0) is 15.5. The first-order chi connectivity index (χ1) is 9.94. The molecule has 3 N–H and O–H groups in total. The van der Waals surface area contributed by atoms with E-state index in [1.807, 2.05) is 6.92 Å². The van der Waals surface area contributed by atoms with Crippen molar-refractivity contribution < 1.29 is 4.79 Å². The first-order valence-electron chi connectivity index (χ1n) is 7.82. The predicted molar refractivity (Wildman–Crippen MR) is 87.5 cm³/mol. The number of benzene rings is 1.